The van der Waals surface area contributed by atoms with Crippen LogP contribution in [0.2, 0.25) is 0 Å². The molecule has 3 aromatic rings. The number of nitrogens with zero attached hydrogens (tertiary/aromatic N) is 2. The van der Waals surface area contributed by atoms with Gasteiger partial charge in [0, 0.05) is 43.2 Å². The Morgan fingerprint density at radius 3 is 2.56 bits per heavy atom. The molecular weight excluding hydrogens is 490 g/mol. The van der Waals surface area contributed by atoms with Crippen molar-refractivity contribution in [3.05, 3.63) is 98.3 Å². The van der Waals surface area contributed by atoms with Gasteiger partial charge in [0.05, 0.1) is 17.1 Å². The van der Waals surface area contributed by atoms with Crippen molar-refractivity contribution in [1.29, 1.82) is 0 Å². The summed E-state index contributed by atoms with van der Waals surface area (Å²) < 4.78 is 6.42. The normalized spacial score (nSPS) is 14.6. The Labute approximate surface area is 229 Å². The molecule has 0 saturated carbocycles. The molecule has 2 N–H and O–H groups in total. The summed E-state index contributed by atoms with van der Waals surface area (Å²) in [5.74, 6) is -0.598. The van der Waals surface area contributed by atoms with Crippen molar-refractivity contribution in [1.82, 2.24) is 9.88 Å². The third-order valence-electron chi connectivity index (χ3n) is 6.29. The molecule has 1 aliphatic carbocycles. The van der Waals surface area contributed by atoms with E-state index in [4.69, 9.17) is 4.42 Å². The predicted molar refractivity (Wildman–Crippen MR) is 158 cm³/mol. The molecular formula is C32H35N3O4. The van der Waals surface area contributed by atoms with E-state index in [1.54, 1.807) is 12.1 Å². The summed E-state index contributed by atoms with van der Waals surface area (Å²) in [7, 11) is 3.96. The molecule has 2 heterocycles. The summed E-state index contributed by atoms with van der Waals surface area (Å²) in [5.41, 5.74) is 6.29. The highest BCUT2D eigenvalue weighted by Gasteiger charge is 2.20. The van der Waals surface area contributed by atoms with Gasteiger partial charge in [0.15, 0.2) is 11.1 Å². The van der Waals surface area contributed by atoms with E-state index in [-0.39, 0.29) is 17.2 Å². The smallest absolute Gasteiger partial charge is 0.356 e. The van der Waals surface area contributed by atoms with Crippen molar-refractivity contribution in [3.8, 4) is 12.8 Å². The zero-order chi connectivity index (χ0) is 28.9. The monoisotopic (exact) mass is 525 g/mol. The Balaban J connectivity index is 0.00000205. The van der Waals surface area contributed by atoms with Crippen LogP contribution in [-0.2, 0) is 6.42 Å². The average molecular weight is 526 g/mol. The van der Waals surface area contributed by atoms with Gasteiger partial charge < -0.3 is 19.7 Å². The molecule has 0 bridgehead atoms. The lowest BCUT2D eigenvalue weighted by Gasteiger charge is -2.20. The molecule has 1 atom stereocenters. The lowest BCUT2D eigenvalue weighted by molar-refractivity contribution is 0.0691. The van der Waals surface area contributed by atoms with E-state index in [2.05, 4.69) is 36.3 Å². The number of aromatic carboxylic acids is 1. The molecule has 2 aromatic heterocycles. The van der Waals surface area contributed by atoms with E-state index in [9.17, 15) is 14.7 Å². The van der Waals surface area contributed by atoms with Gasteiger partial charge in [-0.3, -0.25) is 4.79 Å². The van der Waals surface area contributed by atoms with E-state index in [1.165, 1.54) is 5.57 Å². The fourth-order valence-electron chi connectivity index (χ4n) is 4.67. The van der Waals surface area contributed by atoms with Crippen molar-refractivity contribution >= 4 is 28.2 Å². The third-order valence-corrected chi connectivity index (χ3v) is 6.29. The quantitative estimate of drug-likeness (QED) is 0.347. The van der Waals surface area contributed by atoms with Gasteiger partial charge in [0.1, 0.15) is 11.3 Å². The van der Waals surface area contributed by atoms with Crippen LogP contribution in [0, 0.1) is 19.8 Å². The van der Waals surface area contributed by atoms with E-state index in [1.807, 2.05) is 70.1 Å². The maximum absolute atomic E-state index is 13.2. The first-order valence-electron chi connectivity index (χ1n) is 12.7. The number of aromatic nitrogens is 1. The Morgan fingerprint density at radius 1 is 1.21 bits per heavy atom. The molecule has 0 amide bonds. The zero-order valence-electron chi connectivity index (χ0n) is 23.3. The number of benzene rings is 1. The largest absolute Gasteiger partial charge is 0.476 e. The number of aryl methyl sites for hydroxylation is 2. The van der Waals surface area contributed by atoms with Crippen LogP contribution < -0.4 is 10.7 Å². The minimum absolute atomic E-state index is 0.0292. The number of anilines is 1. The molecule has 39 heavy (non-hydrogen) atoms. The summed E-state index contributed by atoms with van der Waals surface area (Å²) in [6.07, 6.45) is 15.6. The average Bonchev–Trinajstić information content (AvgIpc) is 2.89. The SMILES string of the molecule is C#C.CCc1ccc(NC(C)c2cc(C)cc3c(=O)cc(C4=C/C(=C/N(C)C)CC(C)=C4)oc23)c(C(=O)O)n1. The molecule has 202 valence electrons. The number of pyridine rings is 1. The van der Waals surface area contributed by atoms with Crippen LogP contribution in [0.25, 0.3) is 16.5 Å². The van der Waals surface area contributed by atoms with E-state index in [0.717, 1.165) is 28.7 Å². The molecule has 1 aromatic carbocycles. The Kier molecular flexibility index (Phi) is 9.16. The third kappa shape index (κ3) is 6.66. The molecule has 0 aliphatic heterocycles. The van der Waals surface area contributed by atoms with Crippen LogP contribution in [0.15, 0.2) is 69.0 Å². The number of hydrogen-bond acceptors (Lipinski definition) is 6. The second-order valence-electron chi connectivity index (χ2n) is 9.86. The van der Waals surface area contributed by atoms with Crippen molar-refractivity contribution < 1.29 is 14.3 Å². The van der Waals surface area contributed by atoms with Gasteiger partial charge in [-0.2, -0.15) is 0 Å². The first-order valence-corrected chi connectivity index (χ1v) is 12.7. The summed E-state index contributed by atoms with van der Waals surface area (Å²) in [4.78, 5) is 31.4. The number of carboxylic acid groups (broad SMARTS) is 1. The molecule has 4 rings (SSSR count). The Bertz CT molecular complexity index is 1570. The number of nitrogens with one attached hydrogen (secondary N) is 1. The molecule has 1 unspecified atom stereocenters. The highest BCUT2D eigenvalue weighted by atomic mass is 16.4. The van der Waals surface area contributed by atoms with Crippen molar-refractivity contribution in [2.75, 3.05) is 19.4 Å². The standard InChI is InChI=1S/C30H33N3O4.C2H2/c1-7-22-8-9-25(28(32-22)30(35)36)31-19(4)23-12-18(3)13-24-26(34)15-27(37-29(23)24)21-11-17(2)10-20(14-21)16-33(5)6;1-2/h8-9,11-16,19,31H,7,10H2,1-6H3,(H,35,36);1-2H/b20-16+;. The highest BCUT2D eigenvalue weighted by Crippen LogP contribution is 2.33. The molecule has 0 radical (unpaired) electrons. The molecule has 0 spiro atoms. The number of fused-ring (bicyclic) bond motifs is 1. The predicted octanol–water partition coefficient (Wildman–Crippen LogP) is 6.36. The number of carboxylic acids is 1. The summed E-state index contributed by atoms with van der Waals surface area (Å²) >= 11 is 0. The number of allylic oxidation sites excluding steroid dienone is 5. The van der Waals surface area contributed by atoms with E-state index in [0.29, 0.717) is 34.5 Å². The number of carbonyl (C=O) groups is 1. The Hall–Kier alpha value is -4.57. The maximum Gasteiger partial charge on any atom is 0.356 e. The van der Waals surface area contributed by atoms with Gasteiger partial charge in [-0.15, -0.1) is 12.8 Å². The number of terminal acetylenes is 1. The minimum Gasteiger partial charge on any atom is -0.476 e. The lowest BCUT2D eigenvalue weighted by atomic mass is 9.94. The van der Waals surface area contributed by atoms with Crippen molar-refractivity contribution in [2.24, 2.45) is 0 Å². The van der Waals surface area contributed by atoms with Crippen LogP contribution in [0.5, 0.6) is 0 Å². The van der Waals surface area contributed by atoms with Crippen LogP contribution in [0.1, 0.15) is 66.3 Å². The maximum atomic E-state index is 13.2. The van der Waals surface area contributed by atoms with Gasteiger partial charge in [-0.05, 0) is 69.0 Å². The lowest BCUT2D eigenvalue weighted by Crippen LogP contribution is -2.14. The molecule has 0 fully saturated rings. The summed E-state index contributed by atoms with van der Waals surface area (Å²) in [6.45, 7) is 7.84. The fourth-order valence-corrected chi connectivity index (χ4v) is 4.67. The van der Waals surface area contributed by atoms with Gasteiger partial charge in [0.25, 0.3) is 0 Å². The van der Waals surface area contributed by atoms with Crippen LogP contribution in [-0.4, -0.2) is 35.1 Å². The van der Waals surface area contributed by atoms with E-state index < -0.39 is 5.97 Å². The van der Waals surface area contributed by atoms with Crippen LogP contribution in [0.3, 0.4) is 0 Å². The second kappa shape index (κ2) is 12.3. The first-order chi connectivity index (χ1) is 18.5. The van der Waals surface area contributed by atoms with Crippen molar-refractivity contribution in [2.45, 2.75) is 46.6 Å². The summed E-state index contributed by atoms with van der Waals surface area (Å²) in [6, 6.07) is 8.55. The minimum atomic E-state index is -1.10. The number of rotatable bonds is 7. The van der Waals surface area contributed by atoms with Gasteiger partial charge >= 0.3 is 5.97 Å². The van der Waals surface area contributed by atoms with Gasteiger partial charge in [-0.25, -0.2) is 9.78 Å². The van der Waals surface area contributed by atoms with Gasteiger partial charge in [-0.1, -0.05) is 24.6 Å². The zero-order valence-corrected chi connectivity index (χ0v) is 23.3. The summed E-state index contributed by atoms with van der Waals surface area (Å²) in [5, 5.41) is 13.5. The first kappa shape index (κ1) is 29.0. The molecule has 1 aliphatic rings. The van der Waals surface area contributed by atoms with Crippen LogP contribution in [0.4, 0.5) is 5.69 Å². The molecule has 0 saturated heterocycles. The second-order valence-corrected chi connectivity index (χ2v) is 9.86. The van der Waals surface area contributed by atoms with Crippen LogP contribution >= 0.6 is 0 Å². The van der Waals surface area contributed by atoms with Crippen molar-refractivity contribution in [3.63, 3.8) is 0 Å². The number of hydrogen-bond donors (Lipinski definition) is 2. The molecule has 7 heteroatoms. The fraction of sp³-hybridized carbons (Fsp3) is 0.281. The Morgan fingerprint density at radius 2 is 1.92 bits per heavy atom. The topological polar surface area (TPSA) is 95.7 Å². The molecule has 7 nitrogen and oxygen atoms in total. The van der Waals surface area contributed by atoms with E-state index >= 15 is 0 Å². The van der Waals surface area contributed by atoms with Gasteiger partial charge in [0.2, 0.25) is 0 Å². The highest BCUT2D eigenvalue weighted by molar-refractivity contribution is 5.92.